The molecule has 0 aliphatic heterocycles. The predicted octanol–water partition coefficient (Wildman–Crippen LogP) is 1.99. The quantitative estimate of drug-likeness (QED) is 0.802. The predicted molar refractivity (Wildman–Crippen MR) is 63.1 cm³/mol. The van der Waals surface area contributed by atoms with E-state index in [-0.39, 0.29) is 5.91 Å². The van der Waals surface area contributed by atoms with E-state index < -0.39 is 22.8 Å². The van der Waals surface area contributed by atoms with E-state index in [1.165, 1.54) is 6.92 Å². The largest absolute Gasteiger partial charge is 0.481 e. The summed E-state index contributed by atoms with van der Waals surface area (Å²) in [6.45, 7) is 10.7. The molecule has 1 atom stereocenters. The lowest BCUT2D eigenvalue weighted by Gasteiger charge is -2.49. The molecule has 0 heterocycles. The number of carboxylic acids is 1. The highest BCUT2D eigenvalue weighted by Gasteiger charge is 2.47. The van der Waals surface area contributed by atoms with Gasteiger partial charge in [-0.15, -0.1) is 0 Å². The molecule has 4 nitrogen and oxygen atoms in total. The molecule has 94 valence electrons. The summed E-state index contributed by atoms with van der Waals surface area (Å²) in [4.78, 5) is 24.1. The second-order valence-electron chi connectivity index (χ2n) is 5.42. The first kappa shape index (κ1) is 14.9. The number of hydrogen-bond acceptors (Lipinski definition) is 2. The van der Waals surface area contributed by atoms with E-state index in [0.717, 1.165) is 0 Å². The Morgan fingerprint density at radius 1 is 1.19 bits per heavy atom. The van der Waals surface area contributed by atoms with Gasteiger partial charge in [-0.2, -0.15) is 0 Å². The van der Waals surface area contributed by atoms with Crippen molar-refractivity contribution in [3.05, 3.63) is 0 Å². The van der Waals surface area contributed by atoms with E-state index in [9.17, 15) is 9.59 Å². The Kier molecular flexibility index (Phi) is 4.14. The zero-order valence-electron chi connectivity index (χ0n) is 11.3. The monoisotopic (exact) mass is 229 g/mol. The normalized spacial score (nSPS) is 14.4. The van der Waals surface area contributed by atoms with Crippen LogP contribution in [-0.2, 0) is 9.59 Å². The van der Waals surface area contributed by atoms with Crippen molar-refractivity contribution < 1.29 is 14.7 Å². The summed E-state index contributed by atoms with van der Waals surface area (Å²) in [6, 6.07) is 0. The Balaban J connectivity index is 5.27. The number of carbonyl (C=O) groups is 2. The molecule has 4 heteroatoms. The topological polar surface area (TPSA) is 57.6 Å². The van der Waals surface area contributed by atoms with Gasteiger partial charge in [0.15, 0.2) is 0 Å². The van der Waals surface area contributed by atoms with Crippen LogP contribution in [0.2, 0.25) is 0 Å². The van der Waals surface area contributed by atoms with Crippen LogP contribution in [0, 0.1) is 11.3 Å². The molecule has 0 aromatic heterocycles. The number of rotatable bonds is 4. The van der Waals surface area contributed by atoms with Gasteiger partial charge in [0.25, 0.3) is 0 Å². The maximum Gasteiger partial charge on any atom is 0.306 e. The molecule has 0 aromatic rings. The molecule has 0 saturated heterocycles. The van der Waals surface area contributed by atoms with Crippen LogP contribution in [0.4, 0.5) is 0 Å². The van der Waals surface area contributed by atoms with Crippen LogP contribution in [-0.4, -0.2) is 34.5 Å². The Morgan fingerprint density at radius 3 is 1.81 bits per heavy atom. The second kappa shape index (κ2) is 4.44. The van der Waals surface area contributed by atoms with Gasteiger partial charge in [0, 0.05) is 24.9 Å². The SMILES string of the molecule is CC(=O)N(C)C(C)(C)C(C)(C)C(C)C(=O)O. The van der Waals surface area contributed by atoms with E-state index in [2.05, 4.69) is 0 Å². The second-order valence-corrected chi connectivity index (χ2v) is 5.42. The van der Waals surface area contributed by atoms with Gasteiger partial charge in [-0.05, 0) is 13.8 Å². The maximum absolute atomic E-state index is 11.4. The molecule has 0 spiro atoms. The van der Waals surface area contributed by atoms with Crippen LogP contribution in [0.25, 0.3) is 0 Å². The maximum atomic E-state index is 11.4. The fraction of sp³-hybridized carbons (Fsp3) is 0.833. The van der Waals surface area contributed by atoms with Crippen LogP contribution < -0.4 is 0 Å². The summed E-state index contributed by atoms with van der Waals surface area (Å²) in [5.74, 6) is -1.42. The van der Waals surface area contributed by atoms with E-state index in [1.807, 2.05) is 27.7 Å². The fourth-order valence-corrected chi connectivity index (χ4v) is 1.66. The number of amides is 1. The average molecular weight is 229 g/mol. The van der Waals surface area contributed by atoms with Crippen molar-refractivity contribution in [2.24, 2.45) is 11.3 Å². The minimum atomic E-state index is -0.838. The molecule has 0 aromatic carbocycles. The van der Waals surface area contributed by atoms with E-state index in [4.69, 9.17) is 5.11 Å². The molecule has 16 heavy (non-hydrogen) atoms. The standard InChI is InChI=1S/C12H23NO3/c1-8(10(15)16)11(3,4)12(5,6)13(7)9(2)14/h8H,1-7H3,(H,15,16). The van der Waals surface area contributed by atoms with Crippen LogP contribution in [0.1, 0.15) is 41.5 Å². The molecule has 1 N–H and O–H groups in total. The summed E-state index contributed by atoms with van der Waals surface area (Å²) in [5, 5.41) is 9.10. The van der Waals surface area contributed by atoms with Gasteiger partial charge < -0.3 is 10.0 Å². The van der Waals surface area contributed by atoms with Crippen molar-refractivity contribution in [2.45, 2.75) is 47.1 Å². The zero-order valence-corrected chi connectivity index (χ0v) is 11.3. The fourth-order valence-electron chi connectivity index (χ4n) is 1.66. The molecular formula is C12H23NO3. The molecule has 1 amide bonds. The minimum absolute atomic E-state index is 0.0596. The highest BCUT2D eigenvalue weighted by atomic mass is 16.4. The van der Waals surface area contributed by atoms with Crippen molar-refractivity contribution in [1.29, 1.82) is 0 Å². The van der Waals surface area contributed by atoms with Crippen molar-refractivity contribution >= 4 is 11.9 Å². The molecule has 0 aliphatic carbocycles. The Bertz CT molecular complexity index is 265. The highest BCUT2D eigenvalue weighted by molar-refractivity contribution is 5.75. The van der Waals surface area contributed by atoms with E-state index in [1.54, 1.807) is 18.9 Å². The van der Waals surface area contributed by atoms with Crippen molar-refractivity contribution in [1.82, 2.24) is 4.90 Å². The summed E-state index contributed by atoms with van der Waals surface area (Å²) < 4.78 is 0. The minimum Gasteiger partial charge on any atom is -0.481 e. The van der Waals surface area contributed by atoms with Gasteiger partial charge >= 0.3 is 5.97 Å². The number of carbonyl (C=O) groups excluding carboxylic acids is 1. The Morgan fingerprint density at radius 2 is 1.56 bits per heavy atom. The summed E-state index contributed by atoms with van der Waals surface area (Å²) in [6.07, 6.45) is 0. The summed E-state index contributed by atoms with van der Waals surface area (Å²) in [5.41, 5.74) is -1.03. The first-order chi connectivity index (χ1) is 6.96. The first-order valence-electron chi connectivity index (χ1n) is 5.43. The average Bonchev–Trinajstić information content (AvgIpc) is 2.14. The molecule has 0 saturated carbocycles. The number of hydrogen-bond donors (Lipinski definition) is 1. The van der Waals surface area contributed by atoms with Gasteiger partial charge in [-0.1, -0.05) is 20.8 Å². The van der Waals surface area contributed by atoms with Gasteiger partial charge in [0.2, 0.25) is 5.91 Å². The van der Waals surface area contributed by atoms with Crippen molar-refractivity contribution in [3.63, 3.8) is 0 Å². The van der Waals surface area contributed by atoms with E-state index in [0.29, 0.717) is 0 Å². The van der Waals surface area contributed by atoms with Gasteiger partial charge in [-0.25, -0.2) is 0 Å². The third-order valence-corrected chi connectivity index (χ3v) is 4.34. The lowest BCUT2D eigenvalue weighted by atomic mass is 9.66. The third kappa shape index (κ3) is 2.36. The smallest absolute Gasteiger partial charge is 0.306 e. The van der Waals surface area contributed by atoms with Crippen molar-refractivity contribution in [3.8, 4) is 0 Å². The summed E-state index contributed by atoms with van der Waals surface area (Å²) >= 11 is 0. The zero-order chi connectivity index (χ0) is 13.3. The number of aliphatic carboxylic acids is 1. The van der Waals surface area contributed by atoms with Gasteiger partial charge in [0.1, 0.15) is 0 Å². The van der Waals surface area contributed by atoms with Crippen molar-refractivity contribution in [2.75, 3.05) is 7.05 Å². The highest BCUT2D eigenvalue weighted by Crippen LogP contribution is 2.41. The lowest BCUT2D eigenvalue weighted by molar-refractivity contribution is -0.153. The van der Waals surface area contributed by atoms with Crippen LogP contribution in [0.15, 0.2) is 0 Å². The number of nitrogens with zero attached hydrogens (tertiary/aromatic N) is 1. The third-order valence-electron chi connectivity index (χ3n) is 4.34. The van der Waals surface area contributed by atoms with Crippen LogP contribution >= 0.6 is 0 Å². The molecule has 0 fully saturated rings. The van der Waals surface area contributed by atoms with Crippen LogP contribution in [0.5, 0.6) is 0 Å². The molecular weight excluding hydrogens is 206 g/mol. The van der Waals surface area contributed by atoms with Gasteiger partial charge in [0.05, 0.1) is 5.92 Å². The molecule has 0 radical (unpaired) electrons. The molecule has 1 unspecified atom stereocenters. The first-order valence-corrected chi connectivity index (χ1v) is 5.43. The molecule has 0 bridgehead atoms. The van der Waals surface area contributed by atoms with Crippen LogP contribution in [0.3, 0.4) is 0 Å². The number of carboxylic acid groups (broad SMARTS) is 1. The Hall–Kier alpha value is -1.06. The van der Waals surface area contributed by atoms with Gasteiger partial charge in [-0.3, -0.25) is 9.59 Å². The molecule has 0 rings (SSSR count). The molecule has 0 aliphatic rings. The van der Waals surface area contributed by atoms with E-state index >= 15 is 0 Å². The Labute approximate surface area is 97.6 Å². The summed E-state index contributed by atoms with van der Waals surface area (Å²) in [7, 11) is 1.71. The lowest BCUT2D eigenvalue weighted by Crippen LogP contribution is -2.57.